The summed E-state index contributed by atoms with van der Waals surface area (Å²) in [4.78, 5) is 13.6. The Kier molecular flexibility index (Phi) is 3.41. The van der Waals surface area contributed by atoms with Crippen molar-refractivity contribution in [2.45, 2.75) is 13.3 Å². The Labute approximate surface area is 105 Å². The van der Waals surface area contributed by atoms with Crippen LogP contribution in [0.1, 0.15) is 13.3 Å². The van der Waals surface area contributed by atoms with Crippen molar-refractivity contribution in [1.29, 1.82) is 0 Å². The molecule has 0 bridgehead atoms. The zero-order valence-electron chi connectivity index (χ0n) is 9.04. The molecule has 2 rings (SSSR count). The molecule has 4 heteroatoms. The van der Waals surface area contributed by atoms with Crippen LogP contribution in [0.25, 0.3) is 0 Å². The maximum absolute atomic E-state index is 11.4. The van der Waals surface area contributed by atoms with Crippen molar-refractivity contribution < 1.29 is 4.79 Å². The summed E-state index contributed by atoms with van der Waals surface area (Å²) in [5, 5.41) is 1.28. The van der Waals surface area contributed by atoms with Crippen molar-refractivity contribution >= 4 is 34.7 Å². The van der Waals surface area contributed by atoms with Gasteiger partial charge in [-0.2, -0.15) is 0 Å². The molecule has 1 atom stereocenters. The third-order valence-corrected chi connectivity index (χ3v) is 3.46. The predicted molar refractivity (Wildman–Crippen MR) is 67.5 cm³/mol. The first-order chi connectivity index (χ1) is 7.58. The molecule has 1 saturated heterocycles. The number of carbonyl (C=O) groups is 1. The van der Waals surface area contributed by atoms with E-state index in [1.807, 2.05) is 19.1 Å². The number of hydrogen-bond donors (Lipinski definition) is 0. The van der Waals surface area contributed by atoms with Gasteiger partial charge in [0.1, 0.15) is 5.78 Å². The Morgan fingerprint density at radius 3 is 2.75 bits per heavy atom. The molecule has 0 radical (unpaired) electrons. The molecule has 0 aliphatic carbocycles. The number of rotatable bonds is 1. The van der Waals surface area contributed by atoms with Crippen LogP contribution in [-0.2, 0) is 4.79 Å². The number of benzene rings is 1. The number of halogens is 2. The monoisotopic (exact) mass is 257 g/mol. The Balaban J connectivity index is 2.21. The van der Waals surface area contributed by atoms with E-state index in [4.69, 9.17) is 23.2 Å². The summed E-state index contributed by atoms with van der Waals surface area (Å²) in [6.45, 7) is 3.43. The summed E-state index contributed by atoms with van der Waals surface area (Å²) in [5.74, 6) is 0.418. The van der Waals surface area contributed by atoms with Crippen LogP contribution in [0.2, 0.25) is 10.0 Å². The minimum absolute atomic E-state index is 0.0838. The summed E-state index contributed by atoms with van der Waals surface area (Å²) in [6, 6.07) is 5.47. The van der Waals surface area contributed by atoms with E-state index in [1.165, 1.54) is 0 Å². The third kappa shape index (κ3) is 2.33. The predicted octanol–water partition coefficient (Wildman–Crippen LogP) is 3.41. The number of carbonyl (C=O) groups excluding carboxylic acids is 1. The average molecular weight is 258 g/mol. The first-order valence-electron chi connectivity index (χ1n) is 5.30. The van der Waals surface area contributed by atoms with Crippen LogP contribution in [0.4, 0.5) is 5.69 Å². The van der Waals surface area contributed by atoms with Crippen molar-refractivity contribution in [3.05, 3.63) is 28.2 Å². The van der Waals surface area contributed by atoms with Gasteiger partial charge in [-0.3, -0.25) is 4.79 Å². The van der Waals surface area contributed by atoms with Gasteiger partial charge in [0.2, 0.25) is 0 Å². The van der Waals surface area contributed by atoms with Gasteiger partial charge in [0.15, 0.2) is 0 Å². The number of hydrogen-bond acceptors (Lipinski definition) is 2. The van der Waals surface area contributed by atoms with E-state index in [1.54, 1.807) is 6.07 Å². The average Bonchev–Trinajstić information content (AvgIpc) is 2.22. The lowest BCUT2D eigenvalue weighted by Crippen LogP contribution is -2.39. The third-order valence-electron chi connectivity index (χ3n) is 2.92. The van der Waals surface area contributed by atoms with E-state index < -0.39 is 0 Å². The molecule has 0 amide bonds. The molecular weight excluding hydrogens is 245 g/mol. The molecule has 2 nitrogen and oxygen atoms in total. The van der Waals surface area contributed by atoms with Crippen LogP contribution >= 0.6 is 23.2 Å². The second-order valence-corrected chi connectivity index (χ2v) is 5.00. The Morgan fingerprint density at radius 2 is 2.12 bits per heavy atom. The van der Waals surface area contributed by atoms with E-state index in [9.17, 15) is 4.79 Å². The van der Waals surface area contributed by atoms with Crippen molar-refractivity contribution in [3.63, 3.8) is 0 Å². The normalized spacial score (nSPS) is 21.3. The van der Waals surface area contributed by atoms with Crippen molar-refractivity contribution in [3.8, 4) is 0 Å². The van der Waals surface area contributed by atoms with Crippen molar-refractivity contribution in [1.82, 2.24) is 0 Å². The molecule has 1 unspecified atom stereocenters. The molecule has 16 heavy (non-hydrogen) atoms. The number of ketones is 1. The van der Waals surface area contributed by atoms with Gasteiger partial charge in [-0.1, -0.05) is 30.1 Å². The second-order valence-electron chi connectivity index (χ2n) is 4.16. The highest BCUT2D eigenvalue weighted by atomic mass is 35.5. The fraction of sp³-hybridized carbons (Fsp3) is 0.417. The van der Waals surface area contributed by atoms with Crippen LogP contribution in [0.3, 0.4) is 0 Å². The molecule has 0 saturated carbocycles. The van der Waals surface area contributed by atoms with Gasteiger partial charge in [-0.05, 0) is 18.2 Å². The smallest absolute Gasteiger partial charge is 0.139 e. The lowest BCUT2D eigenvalue weighted by molar-refractivity contribution is -0.122. The molecule has 1 aliphatic heterocycles. The van der Waals surface area contributed by atoms with Crippen LogP contribution in [0, 0.1) is 5.92 Å². The molecule has 1 aromatic carbocycles. The largest absolute Gasteiger partial charge is 0.369 e. The lowest BCUT2D eigenvalue weighted by Gasteiger charge is -2.32. The summed E-state index contributed by atoms with van der Waals surface area (Å²) in [7, 11) is 0. The highest BCUT2D eigenvalue weighted by Gasteiger charge is 2.24. The molecule has 86 valence electrons. The maximum Gasteiger partial charge on any atom is 0.139 e. The quantitative estimate of drug-likeness (QED) is 0.769. The summed E-state index contributed by atoms with van der Waals surface area (Å²) in [5.41, 5.74) is 0.963. The Morgan fingerprint density at radius 1 is 1.38 bits per heavy atom. The second kappa shape index (κ2) is 4.64. The van der Waals surface area contributed by atoms with E-state index >= 15 is 0 Å². The van der Waals surface area contributed by atoms with Gasteiger partial charge in [0.05, 0.1) is 10.7 Å². The zero-order valence-corrected chi connectivity index (χ0v) is 10.6. The van der Waals surface area contributed by atoms with Crippen molar-refractivity contribution in [2.24, 2.45) is 5.92 Å². The topological polar surface area (TPSA) is 20.3 Å². The number of anilines is 1. The van der Waals surface area contributed by atoms with Gasteiger partial charge < -0.3 is 4.90 Å². The molecule has 1 aliphatic rings. The first kappa shape index (κ1) is 11.7. The molecule has 1 aromatic rings. The minimum Gasteiger partial charge on any atom is -0.369 e. The highest BCUT2D eigenvalue weighted by molar-refractivity contribution is 6.36. The van der Waals surface area contributed by atoms with Crippen LogP contribution < -0.4 is 4.90 Å². The fourth-order valence-electron chi connectivity index (χ4n) is 1.97. The molecule has 0 aromatic heterocycles. The summed E-state index contributed by atoms with van der Waals surface area (Å²) >= 11 is 12.0. The molecule has 0 spiro atoms. The van der Waals surface area contributed by atoms with Gasteiger partial charge in [0, 0.05) is 30.5 Å². The zero-order chi connectivity index (χ0) is 11.7. The minimum atomic E-state index is 0.0838. The standard InChI is InChI=1S/C12H13Cl2NO/c1-8-7-15(5-4-12(8)16)11-3-2-9(13)6-10(11)14/h2-3,6,8H,4-5,7H2,1H3. The first-order valence-corrected chi connectivity index (χ1v) is 6.06. The fourth-order valence-corrected chi connectivity index (χ4v) is 2.50. The van der Waals surface area contributed by atoms with Crippen LogP contribution in [-0.4, -0.2) is 18.9 Å². The van der Waals surface area contributed by atoms with E-state index in [2.05, 4.69) is 4.90 Å². The SMILES string of the molecule is CC1CN(c2ccc(Cl)cc2Cl)CCC1=O. The summed E-state index contributed by atoms with van der Waals surface area (Å²) in [6.07, 6.45) is 0.597. The Hall–Kier alpha value is -0.730. The van der Waals surface area contributed by atoms with Crippen LogP contribution in [0.15, 0.2) is 18.2 Å². The number of nitrogens with zero attached hydrogens (tertiary/aromatic N) is 1. The van der Waals surface area contributed by atoms with Gasteiger partial charge >= 0.3 is 0 Å². The van der Waals surface area contributed by atoms with Gasteiger partial charge in [-0.15, -0.1) is 0 Å². The van der Waals surface area contributed by atoms with Gasteiger partial charge in [-0.25, -0.2) is 0 Å². The molecule has 1 heterocycles. The molecular formula is C12H13Cl2NO. The number of piperidine rings is 1. The molecule has 1 fully saturated rings. The lowest BCUT2D eigenvalue weighted by atomic mass is 9.98. The van der Waals surface area contributed by atoms with E-state index in [0.717, 1.165) is 18.8 Å². The summed E-state index contributed by atoms with van der Waals surface area (Å²) < 4.78 is 0. The molecule has 0 N–H and O–H groups in total. The van der Waals surface area contributed by atoms with E-state index in [-0.39, 0.29) is 5.92 Å². The van der Waals surface area contributed by atoms with E-state index in [0.29, 0.717) is 22.2 Å². The Bertz CT molecular complexity index is 419. The van der Waals surface area contributed by atoms with Crippen molar-refractivity contribution in [2.75, 3.05) is 18.0 Å². The van der Waals surface area contributed by atoms with Gasteiger partial charge in [0.25, 0.3) is 0 Å². The number of Topliss-reactive ketones (excluding diaryl/α,β-unsaturated/α-hetero) is 1. The highest BCUT2D eigenvalue weighted by Crippen LogP contribution is 2.30. The maximum atomic E-state index is 11.4. The van der Waals surface area contributed by atoms with Crippen LogP contribution in [0.5, 0.6) is 0 Å².